The first-order valence-corrected chi connectivity index (χ1v) is 8.22. The van der Waals surface area contributed by atoms with Crippen molar-refractivity contribution in [2.75, 3.05) is 18.4 Å². The van der Waals surface area contributed by atoms with Crippen molar-refractivity contribution in [3.05, 3.63) is 65.5 Å². The second-order valence-corrected chi connectivity index (χ2v) is 6.50. The van der Waals surface area contributed by atoms with Gasteiger partial charge in [0.15, 0.2) is 0 Å². The molecule has 1 saturated carbocycles. The van der Waals surface area contributed by atoms with Crippen molar-refractivity contribution in [2.24, 2.45) is 0 Å². The number of rotatable bonds is 6. The Morgan fingerprint density at radius 3 is 2.38 bits per heavy atom. The topological polar surface area (TPSA) is 41.1 Å². The van der Waals surface area contributed by atoms with Gasteiger partial charge in [0.25, 0.3) is 0 Å². The summed E-state index contributed by atoms with van der Waals surface area (Å²) >= 11 is 0. The number of nitrogens with one attached hydrogen (secondary N) is 2. The molecule has 0 heterocycles. The molecule has 0 saturated heterocycles. The largest absolute Gasteiger partial charge is 0.416 e. The Hall–Kier alpha value is -2.57. The highest BCUT2D eigenvalue weighted by atomic mass is 19.4. The highest BCUT2D eigenvalue weighted by Gasteiger charge is 2.44. The predicted molar refractivity (Wildman–Crippen MR) is 90.3 cm³/mol. The van der Waals surface area contributed by atoms with Crippen LogP contribution in [0.1, 0.15) is 24.0 Å². The van der Waals surface area contributed by atoms with E-state index in [1.165, 1.54) is 24.3 Å². The molecule has 2 aromatic carbocycles. The molecule has 1 aliphatic rings. The molecule has 0 aliphatic heterocycles. The van der Waals surface area contributed by atoms with Gasteiger partial charge in [-0.2, -0.15) is 13.2 Å². The van der Waals surface area contributed by atoms with Gasteiger partial charge in [0.1, 0.15) is 5.82 Å². The van der Waals surface area contributed by atoms with E-state index < -0.39 is 11.7 Å². The number of carbonyl (C=O) groups is 1. The number of hydrogen-bond donors (Lipinski definition) is 2. The quantitative estimate of drug-likeness (QED) is 0.756. The molecule has 2 aromatic rings. The molecule has 2 N–H and O–H groups in total. The summed E-state index contributed by atoms with van der Waals surface area (Å²) in [6, 6.07) is 10.9. The average molecular weight is 366 g/mol. The van der Waals surface area contributed by atoms with Crippen LogP contribution in [-0.4, -0.2) is 19.0 Å². The van der Waals surface area contributed by atoms with Crippen molar-refractivity contribution in [1.82, 2.24) is 5.32 Å². The van der Waals surface area contributed by atoms with Crippen LogP contribution in [-0.2, 0) is 16.4 Å². The summed E-state index contributed by atoms with van der Waals surface area (Å²) in [6.07, 6.45) is -2.62. The molecule has 0 aromatic heterocycles. The molecular formula is C19H18F4N2O. The number of alkyl halides is 3. The Morgan fingerprint density at radius 1 is 1.08 bits per heavy atom. The van der Waals surface area contributed by atoms with Gasteiger partial charge < -0.3 is 10.6 Å². The lowest BCUT2D eigenvalue weighted by Gasteiger charge is -2.17. The van der Waals surface area contributed by atoms with E-state index in [9.17, 15) is 22.4 Å². The van der Waals surface area contributed by atoms with E-state index in [0.29, 0.717) is 6.54 Å². The Kier molecular flexibility index (Phi) is 4.89. The maximum atomic E-state index is 13.0. The van der Waals surface area contributed by atoms with Crippen LogP contribution in [0.15, 0.2) is 48.5 Å². The highest BCUT2D eigenvalue weighted by molar-refractivity contribution is 5.80. The Bertz CT molecular complexity index is 783. The first kappa shape index (κ1) is 18.2. The van der Waals surface area contributed by atoms with Gasteiger partial charge in [0, 0.05) is 17.6 Å². The molecule has 3 rings (SSSR count). The van der Waals surface area contributed by atoms with Crippen molar-refractivity contribution in [2.45, 2.75) is 24.4 Å². The van der Waals surface area contributed by atoms with Crippen molar-refractivity contribution < 1.29 is 22.4 Å². The minimum absolute atomic E-state index is 0.124. The first-order valence-electron chi connectivity index (χ1n) is 8.22. The minimum Gasteiger partial charge on any atom is -0.376 e. The van der Waals surface area contributed by atoms with Crippen molar-refractivity contribution in [1.29, 1.82) is 0 Å². The Morgan fingerprint density at radius 2 is 1.77 bits per heavy atom. The molecule has 1 amide bonds. The van der Waals surface area contributed by atoms with Crippen LogP contribution in [0, 0.1) is 5.82 Å². The molecule has 0 radical (unpaired) electrons. The fourth-order valence-corrected chi connectivity index (χ4v) is 2.84. The standard InChI is InChI=1S/C19H18F4N2O/c20-15-6-4-13(5-7-15)18(8-9-18)12-25-17(26)11-24-16-3-1-2-14(10-16)19(21,22)23/h1-7,10,24H,8-9,11-12H2,(H,25,26). The maximum Gasteiger partial charge on any atom is 0.416 e. The summed E-state index contributed by atoms with van der Waals surface area (Å²) in [7, 11) is 0. The molecule has 1 fully saturated rings. The summed E-state index contributed by atoms with van der Waals surface area (Å²) in [5, 5.41) is 5.50. The molecule has 0 unspecified atom stereocenters. The first-order chi connectivity index (χ1) is 12.3. The van der Waals surface area contributed by atoms with Gasteiger partial charge in [-0.05, 0) is 48.7 Å². The molecular weight excluding hydrogens is 348 g/mol. The highest BCUT2D eigenvalue weighted by Crippen LogP contribution is 2.47. The predicted octanol–water partition coefficient (Wildman–Crippen LogP) is 4.10. The van der Waals surface area contributed by atoms with Crippen LogP contribution in [0.3, 0.4) is 0 Å². The SMILES string of the molecule is O=C(CNc1cccc(C(F)(F)F)c1)NCC1(c2ccc(F)cc2)CC1. The van der Waals surface area contributed by atoms with Gasteiger partial charge in [-0.25, -0.2) is 4.39 Å². The van der Waals surface area contributed by atoms with Crippen molar-refractivity contribution in [3.8, 4) is 0 Å². The van der Waals surface area contributed by atoms with Gasteiger partial charge in [-0.3, -0.25) is 4.79 Å². The summed E-state index contributed by atoms with van der Waals surface area (Å²) in [6.45, 7) is 0.294. The van der Waals surface area contributed by atoms with Crippen molar-refractivity contribution in [3.63, 3.8) is 0 Å². The third kappa shape index (κ3) is 4.33. The Balaban J connectivity index is 1.51. The second kappa shape index (κ2) is 6.97. The average Bonchev–Trinajstić information content (AvgIpc) is 3.39. The number of amides is 1. The zero-order valence-electron chi connectivity index (χ0n) is 13.9. The zero-order valence-corrected chi connectivity index (χ0v) is 13.9. The Labute approximate surface area is 148 Å². The molecule has 0 atom stereocenters. The van der Waals surface area contributed by atoms with Crippen LogP contribution in [0.5, 0.6) is 0 Å². The van der Waals surface area contributed by atoms with E-state index in [2.05, 4.69) is 10.6 Å². The second-order valence-electron chi connectivity index (χ2n) is 6.50. The fraction of sp³-hybridized carbons (Fsp3) is 0.316. The zero-order chi connectivity index (χ0) is 18.8. The van der Waals surface area contributed by atoms with Crippen LogP contribution in [0.4, 0.5) is 23.2 Å². The number of benzene rings is 2. The van der Waals surface area contributed by atoms with Crippen LogP contribution in [0.2, 0.25) is 0 Å². The fourth-order valence-electron chi connectivity index (χ4n) is 2.84. The summed E-state index contributed by atoms with van der Waals surface area (Å²) in [5.74, 6) is -0.616. The number of anilines is 1. The molecule has 1 aliphatic carbocycles. The van der Waals surface area contributed by atoms with Gasteiger partial charge in [-0.1, -0.05) is 18.2 Å². The van der Waals surface area contributed by atoms with Gasteiger partial charge in [-0.15, -0.1) is 0 Å². The third-order valence-corrected chi connectivity index (χ3v) is 4.58. The van der Waals surface area contributed by atoms with E-state index in [4.69, 9.17) is 0 Å². The summed E-state index contributed by atoms with van der Waals surface area (Å²) < 4.78 is 51.1. The van der Waals surface area contributed by atoms with Gasteiger partial charge >= 0.3 is 6.18 Å². The summed E-state index contributed by atoms with van der Waals surface area (Å²) in [4.78, 5) is 12.0. The molecule has 26 heavy (non-hydrogen) atoms. The lowest BCUT2D eigenvalue weighted by Crippen LogP contribution is -2.36. The van der Waals surface area contributed by atoms with Gasteiger partial charge in [0.05, 0.1) is 12.1 Å². The van der Waals surface area contributed by atoms with Crippen LogP contribution < -0.4 is 10.6 Å². The van der Waals surface area contributed by atoms with Crippen LogP contribution >= 0.6 is 0 Å². The van der Waals surface area contributed by atoms with Crippen LogP contribution in [0.25, 0.3) is 0 Å². The van der Waals surface area contributed by atoms with Gasteiger partial charge in [0.2, 0.25) is 5.91 Å². The lowest BCUT2D eigenvalue weighted by molar-refractivity contribution is -0.137. The monoisotopic (exact) mass is 366 g/mol. The van der Waals surface area contributed by atoms with E-state index in [-0.39, 0.29) is 29.4 Å². The number of hydrogen-bond acceptors (Lipinski definition) is 2. The lowest BCUT2D eigenvalue weighted by atomic mass is 9.96. The minimum atomic E-state index is -4.42. The molecule has 0 bridgehead atoms. The van der Waals surface area contributed by atoms with Crippen molar-refractivity contribution >= 4 is 11.6 Å². The summed E-state index contributed by atoms with van der Waals surface area (Å²) in [5.41, 5.74) is 0.273. The molecule has 7 heteroatoms. The number of halogens is 4. The van der Waals surface area contributed by atoms with E-state index in [0.717, 1.165) is 30.5 Å². The smallest absolute Gasteiger partial charge is 0.376 e. The number of carbonyl (C=O) groups excluding carboxylic acids is 1. The maximum absolute atomic E-state index is 13.0. The van der Waals surface area contributed by atoms with E-state index in [1.54, 1.807) is 12.1 Å². The molecule has 3 nitrogen and oxygen atoms in total. The molecule has 0 spiro atoms. The third-order valence-electron chi connectivity index (χ3n) is 4.58. The van der Waals surface area contributed by atoms with E-state index >= 15 is 0 Å². The normalized spacial score (nSPS) is 15.4. The van der Waals surface area contributed by atoms with E-state index in [1.807, 2.05) is 0 Å². The molecule has 138 valence electrons.